The Hall–Kier alpha value is -3.20. The van der Waals surface area contributed by atoms with E-state index in [1.54, 1.807) is 6.92 Å². The van der Waals surface area contributed by atoms with E-state index in [4.69, 9.17) is 9.47 Å². The van der Waals surface area contributed by atoms with Gasteiger partial charge in [0.15, 0.2) is 13.2 Å². The first-order valence-corrected chi connectivity index (χ1v) is 11.3. The van der Waals surface area contributed by atoms with E-state index < -0.39 is 23.0 Å². The van der Waals surface area contributed by atoms with Crippen LogP contribution in [-0.4, -0.2) is 47.3 Å². The molecule has 0 heterocycles. The standard InChI is InChI=1S/C25H28F2N2O5/c1-16-12-19(6-7-20(16)27)34-14-22(31)28-24-8-10-25(11-9-24,21(30)13-24)29-23(32)15-33-18-4-2-17(26)3-5-18/h2-7,12,21,30H,8-11,13-15H2,1H3,(H,28,31)(H,29,32)/t21-,24?,25?/m0/s1. The summed E-state index contributed by atoms with van der Waals surface area (Å²) in [5.41, 5.74) is -0.895. The number of nitrogens with one attached hydrogen (secondary N) is 2. The van der Waals surface area contributed by atoms with Crippen molar-refractivity contribution in [2.24, 2.45) is 0 Å². The quantitative estimate of drug-likeness (QED) is 0.547. The first-order valence-electron chi connectivity index (χ1n) is 11.3. The van der Waals surface area contributed by atoms with E-state index in [2.05, 4.69) is 10.6 Å². The molecule has 0 spiro atoms. The summed E-state index contributed by atoms with van der Waals surface area (Å²) in [6.07, 6.45) is 1.71. The van der Waals surface area contributed by atoms with Crippen LogP contribution in [0.3, 0.4) is 0 Å². The Morgan fingerprint density at radius 2 is 1.53 bits per heavy atom. The fourth-order valence-electron chi connectivity index (χ4n) is 4.84. The van der Waals surface area contributed by atoms with Crippen LogP contribution in [0.5, 0.6) is 11.5 Å². The van der Waals surface area contributed by atoms with Crippen molar-refractivity contribution in [3.63, 3.8) is 0 Å². The predicted octanol–water partition coefficient (Wildman–Crippen LogP) is 2.78. The third-order valence-electron chi connectivity index (χ3n) is 6.80. The minimum atomic E-state index is -0.828. The highest BCUT2D eigenvalue weighted by Gasteiger charge is 2.55. The van der Waals surface area contributed by atoms with Gasteiger partial charge in [0.2, 0.25) is 0 Å². The van der Waals surface area contributed by atoms with Gasteiger partial charge in [-0.05, 0) is 87.1 Å². The Balaban J connectivity index is 1.27. The molecule has 7 nitrogen and oxygen atoms in total. The first-order chi connectivity index (χ1) is 16.2. The number of halogens is 2. The van der Waals surface area contributed by atoms with Gasteiger partial charge in [0.25, 0.3) is 11.8 Å². The molecule has 2 bridgehead atoms. The fourth-order valence-corrected chi connectivity index (χ4v) is 4.84. The zero-order chi connectivity index (χ0) is 24.3. The Kier molecular flexibility index (Phi) is 6.74. The van der Waals surface area contributed by atoms with Crippen molar-refractivity contribution >= 4 is 11.8 Å². The molecular formula is C25H28F2N2O5. The van der Waals surface area contributed by atoms with Crippen LogP contribution in [0.1, 0.15) is 37.7 Å². The average Bonchev–Trinajstić information content (AvgIpc) is 2.81. The second-order valence-electron chi connectivity index (χ2n) is 9.20. The van der Waals surface area contributed by atoms with Crippen LogP contribution in [0.2, 0.25) is 0 Å². The third kappa shape index (κ3) is 5.30. The number of hydrogen-bond donors (Lipinski definition) is 3. The number of benzene rings is 2. The molecule has 0 unspecified atom stereocenters. The van der Waals surface area contributed by atoms with Crippen LogP contribution < -0.4 is 20.1 Å². The molecule has 3 N–H and O–H groups in total. The van der Waals surface area contributed by atoms with Crippen molar-refractivity contribution in [3.8, 4) is 11.5 Å². The molecule has 182 valence electrons. The van der Waals surface area contributed by atoms with Gasteiger partial charge in [-0.3, -0.25) is 9.59 Å². The third-order valence-corrected chi connectivity index (χ3v) is 6.80. The second-order valence-corrected chi connectivity index (χ2v) is 9.20. The summed E-state index contributed by atoms with van der Waals surface area (Å²) >= 11 is 0. The summed E-state index contributed by atoms with van der Waals surface area (Å²) in [7, 11) is 0. The van der Waals surface area contributed by atoms with Crippen LogP contribution in [-0.2, 0) is 9.59 Å². The molecule has 2 aromatic rings. The highest BCUT2D eigenvalue weighted by molar-refractivity contribution is 5.79. The zero-order valence-corrected chi connectivity index (χ0v) is 18.9. The fraction of sp³-hybridized carbons (Fsp3) is 0.440. The monoisotopic (exact) mass is 474 g/mol. The Labute approximate surface area is 196 Å². The highest BCUT2D eigenvalue weighted by Crippen LogP contribution is 2.47. The molecule has 3 aliphatic rings. The van der Waals surface area contributed by atoms with Gasteiger partial charge in [0.05, 0.1) is 11.6 Å². The Morgan fingerprint density at radius 1 is 0.941 bits per heavy atom. The zero-order valence-electron chi connectivity index (χ0n) is 18.9. The smallest absolute Gasteiger partial charge is 0.258 e. The number of rotatable bonds is 8. The van der Waals surface area contributed by atoms with Crippen molar-refractivity contribution in [1.29, 1.82) is 0 Å². The predicted molar refractivity (Wildman–Crippen MR) is 119 cm³/mol. The van der Waals surface area contributed by atoms with E-state index in [1.807, 2.05) is 0 Å². The summed E-state index contributed by atoms with van der Waals surface area (Å²) < 4.78 is 37.3. The van der Waals surface area contributed by atoms with E-state index in [9.17, 15) is 23.5 Å². The van der Waals surface area contributed by atoms with Gasteiger partial charge in [-0.2, -0.15) is 0 Å². The van der Waals surface area contributed by atoms with Crippen LogP contribution in [0.15, 0.2) is 42.5 Å². The molecule has 3 aliphatic carbocycles. The van der Waals surface area contributed by atoms with Gasteiger partial charge in [-0.25, -0.2) is 8.78 Å². The topological polar surface area (TPSA) is 96.9 Å². The number of hydrogen-bond acceptors (Lipinski definition) is 5. The van der Waals surface area contributed by atoms with Gasteiger partial charge in [0.1, 0.15) is 23.1 Å². The number of carbonyl (C=O) groups excluding carboxylic acids is 2. The van der Waals surface area contributed by atoms with Crippen molar-refractivity contribution in [1.82, 2.24) is 10.6 Å². The molecule has 2 aromatic carbocycles. The number of carbonyl (C=O) groups is 2. The molecule has 5 rings (SSSR count). The number of amides is 2. The van der Waals surface area contributed by atoms with E-state index in [1.165, 1.54) is 42.5 Å². The average molecular weight is 475 g/mol. The molecule has 3 saturated carbocycles. The largest absolute Gasteiger partial charge is 0.484 e. The number of fused-ring (bicyclic) bond motifs is 3. The van der Waals surface area contributed by atoms with Gasteiger partial charge in [-0.1, -0.05) is 0 Å². The van der Waals surface area contributed by atoms with Crippen LogP contribution >= 0.6 is 0 Å². The SMILES string of the molecule is Cc1cc(OCC(=O)NC23CCC(NC(=O)COc4ccc(F)cc4)(CC2)[C@@H](O)C3)ccc1F. The van der Waals surface area contributed by atoms with Crippen molar-refractivity contribution in [2.45, 2.75) is 56.2 Å². The molecule has 0 saturated heterocycles. The van der Waals surface area contributed by atoms with E-state index >= 15 is 0 Å². The maximum absolute atomic E-state index is 13.4. The lowest BCUT2D eigenvalue weighted by Gasteiger charge is -2.56. The number of aliphatic hydroxyl groups excluding tert-OH is 1. The molecule has 34 heavy (non-hydrogen) atoms. The highest BCUT2D eigenvalue weighted by atomic mass is 19.1. The summed E-state index contributed by atoms with van der Waals surface area (Å²) in [6.45, 7) is 1.15. The normalized spacial score (nSPS) is 25.5. The Bertz CT molecular complexity index is 1050. The summed E-state index contributed by atoms with van der Waals surface area (Å²) in [6, 6.07) is 9.66. The summed E-state index contributed by atoms with van der Waals surface area (Å²) in [4.78, 5) is 25.0. The van der Waals surface area contributed by atoms with E-state index in [0.717, 1.165) is 0 Å². The van der Waals surface area contributed by atoms with Gasteiger partial charge < -0.3 is 25.2 Å². The maximum atomic E-state index is 13.4. The molecule has 1 atom stereocenters. The van der Waals surface area contributed by atoms with Crippen molar-refractivity contribution in [2.75, 3.05) is 13.2 Å². The van der Waals surface area contributed by atoms with Crippen molar-refractivity contribution < 1.29 is 33.0 Å². The lowest BCUT2D eigenvalue weighted by atomic mass is 9.60. The van der Waals surface area contributed by atoms with Crippen LogP contribution in [0.4, 0.5) is 8.78 Å². The molecular weight excluding hydrogens is 446 g/mol. The number of ether oxygens (including phenoxy) is 2. The van der Waals surface area contributed by atoms with Crippen LogP contribution in [0.25, 0.3) is 0 Å². The number of aliphatic hydroxyl groups is 1. The minimum absolute atomic E-state index is 0.217. The molecule has 2 amide bonds. The molecule has 0 radical (unpaired) electrons. The minimum Gasteiger partial charge on any atom is -0.484 e. The van der Waals surface area contributed by atoms with Gasteiger partial charge in [0, 0.05) is 5.54 Å². The first kappa shape index (κ1) is 23.9. The van der Waals surface area contributed by atoms with Gasteiger partial charge in [-0.15, -0.1) is 0 Å². The van der Waals surface area contributed by atoms with Crippen molar-refractivity contribution in [3.05, 3.63) is 59.7 Å². The van der Waals surface area contributed by atoms with E-state index in [-0.39, 0.29) is 30.8 Å². The second kappa shape index (κ2) is 9.58. The molecule has 0 aromatic heterocycles. The summed E-state index contributed by atoms with van der Waals surface area (Å²) in [5, 5.41) is 16.8. The maximum Gasteiger partial charge on any atom is 0.258 e. The molecule has 3 fully saturated rings. The molecule has 9 heteroatoms. The van der Waals surface area contributed by atoms with Gasteiger partial charge >= 0.3 is 0 Å². The lowest BCUT2D eigenvalue weighted by molar-refractivity contribution is -0.137. The summed E-state index contributed by atoms with van der Waals surface area (Å²) in [5.74, 6) is -0.641. The van der Waals surface area contributed by atoms with E-state index in [0.29, 0.717) is 49.2 Å². The Morgan fingerprint density at radius 3 is 2.15 bits per heavy atom. The molecule has 0 aliphatic heterocycles. The lowest BCUT2D eigenvalue weighted by Crippen LogP contribution is -2.70. The van der Waals surface area contributed by atoms with Crippen LogP contribution in [0, 0.1) is 18.6 Å². The number of aryl methyl sites for hydroxylation is 1.